The highest BCUT2D eigenvalue weighted by Gasteiger charge is 2.14. The maximum Gasteiger partial charge on any atom is 0.203 e. The molecule has 6 nitrogen and oxygen atoms in total. The zero-order valence-corrected chi connectivity index (χ0v) is 11.4. The van der Waals surface area contributed by atoms with Gasteiger partial charge in [-0.1, -0.05) is 0 Å². The summed E-state index contributed by atoms with van der Waals surface area (Å²) in [6, 6.07) is 3.71. The van der Waals surface area contributed by atoms with Crippen molar-refractivity contribution in [2.75, 3.05) is 32.7 Å². The fourth-order valence-corrected chi connectivity index (χ4v) is 2.07. The van der Waals surface area contributed by atoms with E-state index in [1.54, 1.807) is 14.2 Å². The molecular formula is C13H19N3O3. The molecule has 2 rings (SSSR count). The first-order chi connectivity index (χ1) is 9.24. The summed E-state index contributed by atoms with van der Waals surface area (Å²) in [6.07, 6.45) is 0. The molecule has 0 saturated carbocycles. The van der Waals surface area contributed by atoms with E-state index in [2.05, 4.69) is 10.3 Å². The lowest BCUT2D eigenvalue weighted by atomic mass is 10.2. The van der Waals surface area contributed by atoms with Crippen LogP contribution in [0.4, 0.5) is 5.95 Å². The Hall–Kier alpha value is -1.95. The van der Waals surface area contributed by atoms with Gasteiger partial charge in [0.05, 0.1) is 31.9 Å². The van der Waals surface area contributed by atoms with Gasteiger partial charge in [0.1, 0.15) is 0 Å². The molecule has 2 N–H and O–H groups in total. The van der Waals surface area contributed by atoms with E-state index in [1.165, 1.54) is 0 Å². The number of rotatable bonds is 6. The van der Waals surface area contributed by atoms with Gasteiger partial charge in [-0.3, -0.25) is 0 Å². The van der Waals surface area contributed by atoms with Gasteiger partial charge in [0, 0.05) is 25.2 Å². The largest absolute Gasteiger partial charge is 0.493 e. The Balaban J connectivity index is 2.62. The molecule has 1 aromatic heterocycles. The minimum absolute atomic E-state index is 0.0538. The number of aliphatic hydroxyl groups is 1. The number of hydrogen-bond donors (Lipinski definition) is 2. The molecule has 0 saturated heterocycles. The third kappa shape index (κ3) is 2.44. The van der Waals surface area contributed by atoms with Gasteiger partial charge in [-0.2, -0.15) is 0 Å². The number of nitrogens with zero attached hydrogens (tertiary/aromatic N) is 2. The summed E-state index contributed by atoms with van der Waals surface area (Å²) >= 11 is 0. The van der Waals surface area contributed by atoms with Gasteiger partial charge in [0.15, 0.2) is 11.5 Å². The highest BCUT2D eigenvalue weighted by atomic mass is 16.5. The predicted octanol–water partition coefficient (Wildman–Crippen LogP) is 1.48. The first-order valence-electron chi connectivity index (χ1n) is 6.22. The molecule has 1 heterocycles. The van der Waals surface area contributed by atoms with Crippen LogP contribution < -0.4 is 14.8 Å². The second-order valence-corrected chi connectivity index (χ2v) is 4.04. The van der Waals surface area contributed by atoms with Gasteiger partial charge in [0.2, 0.25) is 5.95 Å². The van der Waals surface area contributed by atoms with Crippen molar-refractivity contribution in [1.82, 2.24) is 9.55 Å². The highest BCUT2D eigenvalue weighted by molar-refractivity contribution is 5.82. The van der Waals surface area contributed by atoms with Gasteiger partial charge in [-0.15, -0.1) is 0 Å². The summed E-state index contributed by atoms with van der Waals surface area (Å²) in [5.41, 5.74) is 1.71. The molecule has 0 amide bonds. The SMILES string of the molecule is CCNc1nc2cc(OC)c(OC)cc2n1CCO. The third-order valence-electron chi connectivity index (χ3n) is 2.91. The number of fused-ring (bicyclic) bond motifs is 1. The summed E-state index contributed by atoms with van der Waals surface area (Å²) in [5, 5.41) is 12.4. The van der Waals surface area contributed by atoms with Crippen LogP contribution in [0.1, 0.15) is 6.92 Å². The van der Waals surface area contributed by atoms with Crippen molar-refractivity contribution in [3.8, 4) is 11.5 Å². The molecule has 104 valence electrons. The standard InChI is InChI=1S/C13H19N3O3/c1-4-14-13-15-9-7-11(18-2)12(19-3)8-10(9)16(13)5-6-17/h7-8,17H,4-6H2,1-3H3,(H,14,15). The Morgan fingerprint density at radius 1 is 1.26 bits per heavy atom. The van der Waals surface area contributed by atoms with Crippen molar-refractivity contribution in [2.45, 2.75) is 13.5 Å². The van der Waals surface area contributed by atoms with Gasteiger partial charge in [0.25, 0.3) is 0 Å². The number of methoxy groups -OCH3 is 2. The van der Waals surface area contributed by atoms with Gasteiger partial charge >= 0.3 is 0 Å². The topological polar surface area (TPSA) is 68.5 Å². The number of hydrogen-bond acceptors (Lipinski definition) is 5. The third-order valence-corrected chi connectivity index (χ3v) is 2.91. The fraction of sp³-hybridized carbons (Fsp3) is 0.462. The molecule has 19 heavy (non-hydrogen) atoms. The van der Waals surface area contributed by atoms with Crippen LogP contribution in [0.15, 0.2) is 12.1 Å². The van der Waals surface area contributed by atoms with Crippen molar-refractivity contribution in [3.05, 3.63) is 12.1 Å². The van der Waals surface area contributed by atoms with E-state index < -0.39 is 0 Å². The molecule has 2 aromatic rings. The molecule has 0 aliphatic heterocycles. The molecule has 6 heteroatoms. The smallest absolute Gasteiger partial charge is 0.203 e. The zero-order chi connectivity index (χ0) is 13.8. The molecule has 0 unspecified atom stereocenters. The molecule has 0 spiro atoms. The van der Waals surface area contributed by atoms with Crippen molar-refractivity contribution in [1.29, 1.82) is 0 Å². The minimum atomic E-state index is 0.0538. The minimum Gasteiger partial charge on any atom is -0.493 e. The van der Waals surface area contributed by atoms with Gasteiger partial charge < -0.3 is 24.5 Å². The van der Waals surface area contributed by atoms with Crippen LogP contribution in [0.25, 0.3) is 11.0 Å². The molecule has 0 aliphatic carbocycles. The zero-order valence-electron chi connectivity index (χ0n) is 11.4. The van der Waals surface area contributed by atoms with Crippen molar-refractivity contribution < 1.29 is 14.6 Å². The predicted molar refractivity (Wildman–Crippen MR) is 74.1 cm³/mol. The quantitative estimate of drug-likeness (QED) is 0.828. The number of aromatic nitrogens is 2. The average Bonchev–Trinajstić information content (AvgIpc) is 2.75. The lowest BCUT2D eigenvalue weighted by Crippen LogP contribution is -2.09. The summed E-state index contributed by atoms with van der Waals surface area (Å²) in [7, 11) is 3.20. The van der Waals surface area contributed by atoms with E-state index in [0.717, 1.165) is 23.5 Å². The Labute approximate surface area is 112 Å². The fourth-order valence-electron chi connectivity index (χ4n) is 2.07. The highest BCUT2D eigenvalue weighted by Crippen LogP contribution is 2.33. The normalized spacial score (nSPS) is 10.7. The number of benzene rings is 1. The van der Waals surface area contributed by atoms with Crippen LogP contribution in [0.2, 0.25) is 0 Å². The van der Waals surface area contributed by atoms with E-state index in [0.29, 0.717) is 18.0 Å². The number of ether oxygens (including phenoxy) is 2. The van der Waals surface area contributed by atoms with Gasteiger partial charge in [-0.05, 0) is 6.92 Å². The number of aliphatic hydroxyl groups excluding tert-OH is 1. The number of nitrogens with one attached hydrogen (secondary N) is 1. The van der Waals surface area contributed by atoms with Crippen molar-refractivity contribution >= 4 is 17.0 Å². The molecule has 0 fully saturated rings. The summed E-state index contributed by atoms with van der Waals surface area (Å²) in [5.74, 6) is 2.03. The summed E-state index contributed by atoms with van der Waals surface area (Å²) in [4.78, 5) is 4.51. The lowest BCUT2D eigenvalue weighted by Gasteiger charge is -2.10. The van der Waals surface area contributed by atoms with Crippen LogP contribution in [0.3, 0.4) is 0 Å². The van der Waals surface area contributed by atoms with E-state index in [4.69, 9.17) is 9.47 Å². The molecule has 1 aromatic carbocycles. The Morgan fingerprint density at radius 2 is 1.95 bits per heavy atom. The first-order valence-corrected chi connectivity index (χ1v) is 6.22. The second-order valence-electron chi connectivity index (χ2n) is 4.04. The van der Waals surface area contributed by atoms with Crippen LogP contribution in [0.5, 0.6) is 11.5 Å². The van der Waals surface area contributed by atoms with Gasteiger partial charge in [-0.25, -0.2) is 4.98 Å². The number of anilines is 1. The van der Waals surface area contributed by atoms with E-state index in [9.17, 15) is 5.11 Å². The average molecular weight is 265 g/mol. The van der Waals surface area contributed by atoms with Crippen LogP contribution in [-0.2, 0) is 6.54 Å². The molecular weight excluding hydrogens is 246 g/mol. The van der Waals surface area contributed by atoms with Crippen molar-refractivity contribution in [2.24, 2.45) is 0 Å². The Bertz CT molecular complexity index is 566. The summed E-state index contributed by atoms with van der Waals surface area (Å²) in [6.45, 7) is 3.30. The van der Waals surface area contributed by atoms with Crippen LogP contribution in [-0.4, -0.2) is 42.0 Å². The van der Waals surface area contributed by atoms with E-state index in [-0.39, 0.29) is 6.61 Å². The first kappa shape index (κ1) is 13.5. The van der Waals surface area contributed by atoms with E-state index >= 15 is 0 Å². The maximum absolute atomic E-state index is 9.19. The lowest BCUT2D eigenvalue weighted by molar-refractivity contribution is 0.278. The molecule has 0 radical (unpaired) electrons. The molecule has 0 atom stereocenters. The van der Waals surface area contributed by atoms with Crippen molar-refractivity contribution in [3.63, 3.8) is 0 Å². The monoisotopic (exact) mass is 265 g/mol. The Morgan fingerprint density at radius 3 is 2.53 bits per heavy atom. The second kappa shape index (κ2) is 5.79. The maximum atomic E-state index is 9.19. The molecule has 0 bridgehead atoms. The summed E-state index contributed by atoms with van der Waals surface area (Å²) < 4.78 is 12.5. The van der Waals surface area contributed by atoms with Crippen LogP contribution in [0, 0.1) is 0 Å². The Kier molecular flexibility index (Phi) is 4.11. The van der Waals surface area contributed by atoms with Crippen LogP contribution >= 0.6 is 0 Å². The molecule has 0 aliphatic rings. The van der Waals surface area contributed by atoms with E-state index in [1.807, 2.05) is 23.6 Å². The number of imidazole rings is 1.